The van der Waals surface area contributed by atoms with Gasteiger partial charge in [-0.25, -0.2) is 0 Å². The maximum Gasteiger partial charge on any atom is 0.318 e. The van der Waals surface area contributed by atoms with Gasteiger partial charge in [-0.2, -0.15) is 5.10 Å². The molecular weight excluding hydrogens is 382 g/mol. The lowest BCUT2D eigenvalue weighted by Gasteiger charge is -2.27. The molecule has 1 aromatic heterocycles. The number of aromatic nitrogens is 2. The number of nitrogens with zero attached hydrogens (tertiary/aromatic N) is 2. The lowest BCUT2D eigenvalue weighted by molar-refractivity contribution is -0.153. The summed E-state index contributed by atoms with van der Waals surface area (Å²) in [4.78, 5) is 25.8. The molecule has 0 spiro atoms. The van der Waals surface area contributed by atoms with Crippen LogP contribution in [0.5, 0.6) is 11.5 Å². The van der Waals surface area contributed by atoms with Gasteiger partial charge < -0.3 is 14.8 Å². The Hall–Kier alpha value is -3.61. The number of benzene rings is 2. The summed E-state index contributed by atoms with van der Waals surface area (Å²) in [5.41, 5.74) is 3.59. The average Bonchev–Trinajstić information content (AvgIpc) is 2.97. The number of carbonyl (C=O) groups excluding carboxylic acids is 2. The Labute approximate surface area is 174 Å². The number of carbonyl (C=O) groups is 2. The number of aryl methyl sites for hydroxylation is 2. The van der Waals surface area contributed by atoms with Crippen molar-refractivity contribution >= 4 is 17.6 Å². The molecule has 0 saturated carbocycles. The van der Waals surface area contributed by atoms with Crippen molar-refractivity contribution < 1.29 is 19.1 Å². The molecule has 1 amide bonds. The zero-order valence-corrected chi connectivity index (χ0v) is 17.3. The molecule has 1 aliphatic heterocycles. The minimum absolute atomic E-state index is 0.406. The van der Waals surface area contributed by atoms with E-state index in [4.69, 9.17) is 9.47 Å². The molecule has 2 aromatic carbocycles. The van der Waals surface area contributed by atoms with Crippen LogP contribution in [-0.2, 0) is 21.4 Å². The SMILES string of the molecule is Cc1nn(C)c(C)c1NC(=O)[C@@H](C)OC(=O)C1c2ccccc2Oc2ccccc21. The molecular formula is C23H23N3O4. The third-order valence-corrected chi connectivity index (χ3v) is 5.34. The summed E-state index contributed by atoms with van der Waals surface area (Å²) in [7, 11) is 1.81. The summed E-state index contributed by atoms with van der Waals surface area (Å²) < 4.78 is 13.2. The largest absolute Gasteiger partial charge is 0.457 e. The summed E-state index contributed by atoms with van der Waals surface area (Å²) in [6, 6.07) is 14.7. The van der Waals surface area contributed by atoms with Gasteiger partial charge in [0, 0.05) is 18.2 Å². The van der Waals surface area contributed by atoms with Crippen molar-refractivity contribution in [2.45, 2.75) is 32.8 Å². The van der Waals surface area contributed by atoms with E-state index in [-0.39, 0.29) is 0 Å². The van der Waals surface area contributed by atoms with Crippen molar-refractivity contribution in [2.24, 2.45) is 7.05 Å². The fraction of sp³-hybridized carbons (Fsp3) is 0.261. The third-order valence-electron chi connectivity index (χ3n) is 5.34. The smallest absolute Gasteiger partial charge is 0.318 e. The highest BCUT2D eigenvalue weighted by Gasteiger charge is 2.35. The Morgan fingerprint density at radius 2 is 1.63 bits per heavy atom. The third kappa shape index (κ3) is 3.43. The highest BCUT2D eigenvalue weighted by molar-refractivity contribution is 5.97. The van der Waals surface area contributed by atoms with Crippen molar-refractivity contribution in [1.29, 1.82) is 0 Å². The first-order valence-electron chi connectivity index (χ1n) is 9.74. The highest BCUT2D eigenvalue weighted by atomic mass is 16.5. The van der Waals surface area contributed by atoms with Crippen LogP contribution >= 0.6 is 0 Å². The summed E-state index contributed by atoms with van der Waals surface area (Å²) in [6.07, 6.45) is -0.973. The van der Waals surface area contributed by atoms with Gasteiger partial charge in [0.15, 0.2) is 6.10 Å². The molecule has 154 valence electrons. The van der Waals surface area contributed by atoms with E-state index in [1.54, 1.807) is 11.6 Å². The summed E-state index contributed by atoms with van der Waals surface area (Å²) in [5.74, 6) is -0.353. The number of anilines is 1. The monoisotopic (exact) mass is 405 g/mol. The molecule has 0 radical (unpaired) electrons. The second kappa shape index (κ2) is 7.67. The first kappa shape index (κ1) is 19.7. The summed E-state index contributed by atoms with van der Waals surface area (Å²) in [6.45, 7) is 5.24. The number of nitrogens with one attached hydrogen (secondary N) is 1. The molecule has 30 heavy (non-hydrogen) atoms. The molecule has 0 aliphatic carbocycles. The van der Waals surface area contributed by atoms with Gasteiger partial charge in [0.2, 0.25) is 0 Å². The number of ether oxygens (including phenoxy) is 2. The van der Waals surface area contributed by atoms with Gasteiger partial charge in [0.1, 0.15) is 17.4 Å². The minimum atomic E-state index is -0.973. The molecule has 0 unspecified atom stereocenters. The van der Waals surface area contributed by atoms with E-state index in [1.807, 2.05) is 69.4 Å². The van der Waals surface area contributed by atoms with Gasteiger partial charge in [-0.3, -0.25) is 14.3 Å². The Balaban J connectivity index is 1.56. The van der Waals surface area contributed by atoms with Gasteiger partial charge in [0.05, 0.1) is 17.1 Å². The maximum absolute atomic E-state index is 13.2. The number of para-hydroxylation sites is 2. The molecule has 1 atom stereocenters. The topological polar surface area (TPSA) is 82.5 Å². The molecule has 0 fully saturated rings. The van der Waals surface area contributed by atoms with Crippen molar-refractivity contribution in [3.8, 4) is 11.5 Å². The van der Waals surface area contributed by atoms with E-state index >= 15 is 0 Å². The fourth-order valence-corrected chi connectivity index (χ4v) is 3.64. The lowest BCUT2D eigenvalue weighted by Crippen LogP contribution is -2.33. The van der Waals surface area contributed by atoms with E-state index < -0.39 is 23.9 Å². The van der Waals surface area contributed by atoms with E-state index in [9.17, 15) is 9.59 Å². The van der Waals surface area contributed by atoms with Crippen LogP contribution in [0.1, 0.15) is 35.4 Å². The van der Waals surface area contributed by atoms with Gasteiger partial charge >= 0.3 is 5.97 Å². The molecule has 7 nitrogen and oxygen atoms in total. The summed E-state index contributed by atoms with van der Waals surface area (Å²) >= 11 is 0. The number of hydrogen-bond donors (Lipinski definition) is 1. The van der Waals surface area contributed by atoms with Crippen molar-refractivity contribution in [1.82, 2.24) is 9.78 Å². The van der Waals surface area contributed by atoms with E-state index in [2.05, 4.69) is 10.4 Å². The second-order valence-corrected chi connectivity index (χ2v) is 7.35. The van der Waals surface area contributed by atoms with Crippen molar-refractivity contribution in [2.75, 3.05) is 5.32 Å². The second-order valence-electron chi connectivity index (χ2n) is 7.35. The number of fused-ring (bicyclic) bond motifs is 2. The van der Waals surface area contributed by atoms with E-state index in [0.29, 0.717) is 34.0 Å². The van der Waals surface area contributed by atoms with Crippen molar-refractivity contribution in [3.63, 3.8) is 0 Å². The standard InChI is InChI=1S/C23H23N3O4/c1-13-21(14(2)26(4)25-13)24-22(27)15(3)29-23(28)20-16-9-5-7-11-18(16)30-19-12-8-6-10-17(19)20/h5-12,15,20H,1-4H3,(H,24,27)/t15-/m1/s1. The lowest BCUT2D eigenvalue weighted by atomic mass is 9.88. The van der Waals surface area contributed by atoms with Crippen LogP contribution in [0, 0.1) is 13.8 Å². The normalized spacial score (nSPS) is 13.6. The molecule has 1 aliphatic rings. The molecule has 3 aromatic rings. The van der Waals surface area contributed by atoms with Crippen LogP contribution < -0.4 is 10.1 Å². The quantitative estimate of drug-likeness (QED) is 0.667. The maximum atomic E-state index is 13.2. The Morgan fingerprint density at radius 3 is 2.17 bits per heavy atom. The van der Waals surface area contributed by atoms with Crippen LogP contribution in [0.4, 0.5) is 5.69 Å². The number of rotatable bonds is 4. The Kier molecular flexibility index (Phi) is 5.03. The van der Waals surface area contributed by atoms with Crippen molar-refractivity contribution in [3.05, 3.63) is 71.0 Å². The summed E-state index contributed by atoms with van der Waals surface area (Å²) in [5, 5.41) is 7.11. The predicted molar refractivity (Wildman–Crippen MR) is 112 cm³/mol. The van der Waals surface area contributed by atoms with Crippen LogP contribution in [-0.4, -0.2) is 27.8 Å². The fourth-order valence-electron chi connectivity index (χ4n) is 3.64. The predicted octanol–water partition coefficient (Wildman–Crippen LogP) is 3.84. The first-order chi connectivity index (χ1) is 14.4. The molecule has 2 heterocycles. The van der Waals surface area contributed by atoms with E-state index in [1.165, 1.54) is 0 Å². The Morgan fingerprint density at radius 1 is 1.07 bits per heavy atom. The first-order valence-corrected chi connectivity index (χ1v) is 9.74. The molecule has 0 bridgehead atoms. The number of amides is 1. The Bertz CT molecular complexity index is 1090. The van der Waals surface area contributed by atoms with Gasteiger partial charge in [-0.15, -0.1) is 0 Å². The zero-order chi connectivity index (χ0) is 21.4. The van der Waals surface area contributed by atoms with Crippen LogP contribution in [0.25, 0.3) is 0 Å². The van der Waals surface area contributed by atoms with Gasteiger partial charge in [-0.05, 0) is 32.9 Å². The van der Waals surface area contributed by atoms with Gasteiger partial charge in [-0.1, -0.05) is 36.4 Å². The zero-order valence-electron chi connectivity index (χ0n) is 17.3. The number of hydrogen-bond acceptors (Lipinski definition) is 5. The van der Waals surface area contributed by atoms with E-state index in [0.717, 1.165) is 5.69 Å². The molecule has 0 saturated heterocycles. The molecule has 4 rings (SSSR count). The molecule has 1 N–H and O–H groups in total. The minimum Gasteiger partial charge on any atom is -0.457 e. The van der Waals surface area contributed by atoms with Crippen LogP contribution in [0.15, 0.2) is 48.5 Å². The molecule has 7 heteroatoms. The highest BCUT2D eigenvalue weighted by Crippen LogP contribution is 2.44. The van der Waals surface area contributed by atoms with Crippen LogP contribution in [0.3, 0.4) is 0 Å². The van der Waals surface area contributed by atoms with Gasteiger partial charge in [0.25, 0.3) is 5.91 Å². The average molecular weight is 405 g/mol. The number of esters is 1. The van der Waals surface area contributed by atoms with Crippen LogP contribution in [0.2, 0.25) is 0 Å².